The summed E-state index contributed by atoms with van der Waals surface area (Å²) in [5.41, 5.74) is 6.30. The molecule has 0 bridgehead atoms. The molecule has 0 radical (unpaired) electrons. The molecular formula is C12H13N3O2S. The Morgan fingerprint density at radius 1 is 1.17 bits per heavy atom. The van der Waals surface area contributed by atoms with E-state index in [4.69, 9.17) is 5.73 Å². The monoisotopic (exact) mass is 263 g/mol. The summed E-state index contributed by atoms with van der Waals surface area (Å²) in [5.74, 6) is 0.266. The first kappa shape index (κ1) is 12.5. The fourth-order valence-electron chi connectivity index (χ4n) is 1.45. The fourth-order valence-corrected chi connectivity index (χ4v) is 2.47. The molecule has 0 amide bonds. The molecule has 0 aliphatic carbocycles. The van der Waals surface area contributed by atoms with Crippen molar-refractivity contribution in [3.63, 3.8) is 0 Å². The smallest absolute Gasteiger partial charge is 0.263 e. The zero-order chi connectivity index (χ0) is 13.0. The largest absolute Gasteiger partial charge is 0.326 e. The van der Waals surface area contributed by atoms with Gasteiger partial charge in [0, 0.05) is 12.7 Å². The molecule has 0 spiro atoms. The number of anilines is 1. The Hall–Kier alpha value is -1.92. The number of benzene rings is 1. The van der Waals surface area contributed by atoms with E-state index in [-0.39, 0.29) is 10.7 Å². The van der Waals surface area contributed by atoms with E-state index in [0.29, 0.717) is 6.54 Å². The molecule has 0 aliphatic rings. The normalized spacial score (nSPS) is 11.2. The van der Waals surface area contributed by atoms with Gasteiger partial charge in [0.25, 0.3) is 10.0 Å². The number of aromatic nitrogens is 1. The van der Waals surface area contributed by atoms with Gasteiger partial charge in [-0.05, 0) is 29.8 Å². The molecule has 2 aromatic rings. The Morgan fingerprint density at radius 2 is 1.89 bits per heavy atom. The third-order valence-corrected chi connectivity index (χ3v) is 3.72. The van der Waals surface area contributed by atoms with Crippen molar-refractivity contribution in [2.75, 3.05) is 4.72 Å². The summed E-state index contributed by atoms with van der Waals surface area (Å²) in [6.07, 6.45) is 1.52. The van der Waals surface area contributed by atoms with Crippen LogP contribution in [0, 0.1) is 0 Å². The lowest BCUT2D eigenvalue weighted by atomic mass is 10.3. The standard InChI is InChI=1S/C12H13N3O2S/c13-9-10-6-7-14-12(8-10)15-18(16,17)11-4-2-1-3-5-11/h1-8H,9,13H2,(H,14,15). The Labute approximate surface area is 106 Å². The minimum Gasteiger partial charge on any atom is -0.326 e. The highest BCUT2D eigenvalue weighted by Crippen LogP contribution is 2.14. The third kappa shape index (κ3) is 2.85. The lowest BCUT2D eigenvalue weighted by molar-refractivity contribution is 0.601. The quantitative estimate of drug-likeness (QED) is 0.871. The van der Waals surface area contributed by atoms with Crippen LogP contribution in [0.25, 0.3) is 0 Å². The highest BCUT2D eigenvalue weighted by atomic mass is 32.2. The topological polar surface area (TPSA) is 85.1 Å². The van der Waals surface area contributed by atoms with Gasteiger partial charge in [0.2, 0.25) is 0 Å². The summed E-state index contributed by atoms with van der Waals surface area (Å²) in [6.45, 7) is 0.336. The van der Waals surface area contributed by atoms with E-state index < -0.39 is 10.0 Å². The van der Waals surface area contributed by atoms with Crippen LogP contribution in [-0.4, -0.2) is 13.4 Å². The molecule has 18 heavy (non-hydrogen) atoms. The van der Waals surface area contributed by atoms with Crippen LogP contribution in [0.1, 0.15) is 5.56 Å². The van der Waals surface area contributed by atoms with Gasteiger partial charge in [-0.15, -0.1) is 0 Å². The summed E-state index contributed by atoms with van der Waals surface area (Å²) in [5, 5.41) is 0. The molecule has 3 N–H and O–H groups in total. The lowest BCUT2D eigenvalue weighted by Crippen LogP contribution is -2.14. The third-order valence-electron chi connectivity index (χ3n) is 2.35. The highest BCUT2D eigenvalue weighted by molar-refractivity contribution is 7.92. The number of pyridine rings is 1. The van der Waals surface area contributed by atoms with E-state index >= 15 is 0 Å². The highest BCUT2D eigenvalue weighted by Gasteiger charge is 2.13. The van der Waals surface area contributed by atoms with E-state index in [1.54, 1.807) is 30.3 Å². The van der Waals surface area contributed by atoms with E-state index in [1.165, 1.54) is 18.3 Å². The predicted molar refractivity (Wildman–Crippen MR) is 69.4 cm³/mol. The molecule has 0 unspecified atom stereocenters. The van der Waals surface area contributed by atoms with E-state index in [9.17, 15) is 8.42 Å². The Kier molecular flexibility index (Phi) is 3.59. The minimum atomic E-state index is -3.59. The first-order valence-electron chi connectivity index (χ1n) is 5.35. The summed E-state index contributed by atoms with van der Waals surface area (Å²) >= 11 is 0. The number of nitrogens with two attached hydrogens (primary N) is 1. The maximum atomic E-state index is 12.0. The molecule has 5 nitrogen and oxygen atoms in total. The zero-order valence-corrected chi connectivity index (χ0v) is 10.4. The van der Waals surface area contributed by atoms with Gasteiger partial charge >= 0.3 is 0 Å². The molecular weight excluding hydrogens is 250 g/mol. The number of nitrogens with one attached hydrogen (secondary N) is 1. The first-order chi connectivity index (χ1) is 8.62. The van der Waals surface area contributed by atoms with Crippen LogP contribution in [0.4, 0.5) is 5.82 Å². The van der Waals surface area contributed by atoms with Crippen LogP contribution in [0.3, 0.4) is 0 Å². The van der Waals surface area contributed by atoms with Crippen molar-refractivity contribution in [2.45, 2.75) is 11.4 Å². The Bertz CT molecular complexity index is 627. The second-order valence-electron chi connectivity index (χ2n) is 3.67. The number of sulfonamides is 1. The fraction of sp³-hybridized carbons (Fsp3) is 0.0833. The molecule has 0 saturated heterocycles. The number of hydrogen-bond acceptors (Lipinski definition) is 4. The maximum Gasteiger partial charge on any atom is 0.263 e. The Balaban J connectivity index is 2.28. The summed E-state index contributed by atoms with van der Waals surface area (Å²) < 4.78 is 26.5. The second kappa shape index (κ2) is 5.16. The average molecular weight is 263 g/mol. The van der Waals surface area contributed by atoms with Crippen molar-refractivity contribution in [2.24, 2.45) is 5.73 Å². The number of rotatable bonds is 4. The first-order valence-corrected chi connectivity index (χ1v) is 6.83. The molecule has 0 fully saturated rings. The van der Waals surface area contributed by atoms with Crippen LogP contribution in [0.2, 0.25) is 0 Å². The average Bonchev–Trinajstić information content (AvgIpc) is 2.39. The molecule has 6 heteroatoms. The lowest BCUT2D eigenvalue weighted by Gasteiger charge is -2.07. The van der Waals surface area contributed by atoms with Crippen LogP contribution in [0.15, 0.2) is 53.6 Å². The molecule has 0 atom stereocenters. The molecule has 94 valence electrons. The van der Waals surface area contributed by atoms with Crippen molar-refractivity contribution in [3.05, 3.63) is 54.2 Å². The van der Waals surface area contributed by atoms with E-state index in [1.807, 2.05) is 0 Å². The van der Waals surface area contributed by atoms with Crippen LogP contribution in [0.5, 0.6) is 0 Å². The predicted octanol–water partition coefficient (Wildman–Crippen LogP) is 1.34. The van der Waals surface area contributed by atoms with Crippen molar-refractivity contribution >= 4 is 15.8 Å². The summed E-state index contributed by atoms with van der Waals surface area (Å²) in [6, 6.07) is 11.5. The van der Waals surface area contributed by atoms with Crippen LogP contribution < -0.4 is 10.5 Å². The maximum absolute atomic E-state index is 12.0. The molecule has 0 aliphatic heterocycles. The van der Waals surface area contributed by atoms with E-state index in [2.05, 4.69) is 9.71 Å². The van der Waals surface area contributed by atoms with Gasteiger partial charge in [-0.3, -0.25) is 4.72 Å². The van der Waals surface area contributed by atoms with Gasteiger partial charge < -0.3 is 5.73 Å². The zero-order valence-electron chi connectivity index (χ0n) is 9.58. The van der Waals surface area contributed by atoms with Gasteiger partial charge in [0.05, 0.1) is 4.90 Å². The summed E-state index contributed by atoms with van der Waals surface area (Å²) in [4.78, 5) is 4.15. The molecule has 2 rings (SSSR count). The van der Waals surface area contributed by atoms with Crippen molar-refractivity contribution in [3.8, 4) is 0 Å². The van der Waals surface area contributed by atoms with Crippen LogP contribution in [-0.2, 0) is 16.6 Å². The number of nitrogens with zero attached hydrogens (tertiary/aromatic N) is 1. The second-order valence-corrected chi connectivity index (χ2v) is 5.35. The SMILES string of the molecule is NCc1ccnc(NS(=O)(=O)c2ccccc2)c1. The molecule has 0 saturated carbocycles. The van der Waals surface area contributed by atoms with Gasteiger partial charge in [0.1, 0.15) is 5.82 Å². The van der Waals surface area contributed by atoms with E-state index in [0.717, 1.165) is 5.56 Å². The van der Waals surface area contributed by atoms with Crippen molar-refractivity contribution in [1.29, 1.82) is 0 Å². The van der Waals surface area contributed by atoms with Crippen molar-refractivity contribution < 1.29 is 8.42 Å². The van der Waals surface area contributed by atoms with Gasteiger partial charge in [0.15, 0.2) is 0 Å². The minimum absolute atomic E-state index is 0.199. The molecule has 1 heterocycles. The Morgan fingerprint density at radius 3 is 2.56 bits per heavy atom. The summed E-state index contributed by atoms with van der Waals surface area (Å²) in [7, 11) is -3.59. The molecule has 1 aromatic heterocycles. The van der Waals surface area contributed by atoms with Gasteiger partial charge in [-0.1, -0.05) is 18.2 Å². The van der Waals surface area contributed by atoms with Gasteiger partial charge in [-0.2, -0.15) is 0 Å². The van der Waals surface area contributed by atoms with Gasteiger partial charge in [-0.25, -0.2) is 13.4 Å². The van der Waals surface area contributed by atoms with Crippen molar-refractivity contribution in [1.82, 2.24) is 4.98 Å². The number of hydrogen-bond donors (Lipinski definition) is 2. The molecule has 1 aromatic carbocycles. The van der Waals surface area contributed by atoms with Crippen LogP contribution >= 0.6 is 0 Å².